The molecule has 16 nitrogen and oxygen atoms in total. The highest BCUT2D eigenvalue weighted by molar-refractivity contribution is 7.47. The van der Waals surface area contributed by atoms with Crippen molar-refractivity contribution in [1.82, 2.24) is 19.4 Å². The van der Waals surface area contributed by atoms with Crippen LogP contribution in [0.25, 0.3) is 21.9 Å². The zero-order valence-corrected chi connectivity index (χ0v) is 28.4. The van der Waals surface area contributed by atoms with Crippen molar-refractivity contribution in [2.24, 2.45) is 0 Å². The number of fused-ring (bicyclic) bond motifs is 3. The fourth-order valence-corrected chi connectivity index (χ4v) is 6.40. The first-order valence-electron chi connectivity index (χ1n) is 15.5. The predicted molar refractivity (Wildman–Crippen MR) is 179 cm³/mol. The Balaban J connectivity index is 1.39. The van der Waals surface area contributed by atoms with Crippen LogP contribution >= 0.6 is 15.6 Å². The first kappa shape index (κ1) is 36.1. The molecule has 0 spiro atoms. The average molecular weight is 718 g/mol. The lowest BCUT2D eigenvalue weighted by Gasteiger charge is -2.17. The lowest BCUT2D eigenvalue weighted by molar-refractivity contribution is -0.137. The fourth-order valence-electron chi connectivity index (χ4n) is 5.57. The Morgan fingerprint density at radius 3 is 2.27 bits per heavy atom. The third-order valence-electron chi connectivity index (χ3n) is 7.73. The number of imide groups is 1. The van der Waals surface area contributed by atoms with E-state index < -0.39 is 15.6 Å². The lowest BCUT2D eigenvalue weighted by atomic mass is 10.1. The molecule has 0 saturated heterocycles. The number of hydrogen-bond donors (Lipinski definition) is 5. The van der Waals surface area contributed by atoms with Crippen molar-refractivity contribution in [2.45, 2.75) is 52.0 Å². The highest BCUT2D eigenvalue weighted by Crippen LogP contribution is 2.43. The summed E-state index contributed by atoms with van der Waals surface area (Å²) < 4.78 is 40.5. The van der Waals surface area contributed by atoms with Gasteiger partial charge in [-0.15, -0.1) is 0 Å². The summed E-state index contributed by atoms with van der Waals surface area (Å²) in [6.07, 6.45) is 6.62. The molecule has 0 radical (unpaired) electrons. The molecule has 18 heteroatoms. The molecule has 3 heterocycles. The second kappa shape index (κ2) is 15.2. The minimum Gasteiger partial charge on any atom is -0.404 e. The molecular weight excluding hydrogens is 680 g/mol. The largest absolute Gasteiger partial charge is 0.524 e. The second-order valence-corrected chi connectivity index (χ2v) is 13.8. The number of ether oxygens (including phenoxy) is 1. The molecule has 49 heavy (non-hydrogen) atoms. The molecule has 4 aromatic rings. The molecule has 2 aromatic heterocycles. The number of amides is 2. The maximum atomic E-state index is 11.8. The van der Waals surface area contributed by atoms with Crippen LogP contribution in [-0.2, 0) is 42.8 Å². The number of nitrogen functional groups attached to an aromatic ring is 1. The smallest absolute Gasteiger partial charge is 0.404 e. The van der Waals surface area contributed by atoms with Crippen molar-refractivity contribution in [2.75, 3.05) is 25.5 Å². The Hall–Kier alpha value is -4.14. The Kier molecular flexibility index (Phi) is 11.2. The molecule has 0 saturated carbocycles. The number of phosphoric acid groups is 2. The van der Waals surface area contributed by atoms with Crippen LogP contribution in [0.1, 0.15) is 49.6 Å². The van der Waals surface area contributed by atoms with E-state index in [1.807, 2.05) is 29.7 Å². The molecule has 2 amide bonds. The number of rotatable bonds is 17. The lowest BCUT2D eigenvalue weighted by Crippen LogP contribution is -2.31. The number of nitrogens with two attached hydrogens (primary N) is 1. The zero-order chi connectivity index (χ0) is 35.3. The fraction of sp³-hybridized carbons (Fsp3) is 0.355. The van der Waals surface area contributed by atoms with E-state index in [9.17, 15) is 38.3 Å². The summed E-state index contributed by atoms with van der Waals surface area (Å²) in [5.74, 6) is -0.246. The average Bonchev–Trinajstić information content (AvgIpc) is 3.54. The van der Waals surface area contributed by atoms with Gasteiger partial charge < -0.3 is 24.1 Å². The number of benzene rings is 2. The number of nitrogens with zero attached hydrogens (tertiary/aromatic N) is 4. The van der Waals surface area contributed by atoms with Crippen LogP contribution in [0.3, 0.4) is 0 Å². The third kappa shape index (κ3) is 9.31. The van der Waals surface area contributed by atoms with Gasteiger partial charge in [-0.1, -0.05) is 25.5 Å². The quantitative estimate of drug-likeness (QED) is 0.0594. The number of hydrogen-bond acceptors (Lipinski definition) is 10. The number of phosphoric ester groups is 2. The van der Waals surface area contributed by atoms with Crippen LogP contribution in [0.2, 0.25) is 0 Å². The van der Waals surface area contributed by atoms with Crippen molar-refractivity contribution in [3.63, 3.8) is 0 Å². The van der Waals surface area contributed by atoms with E-state index in [1.54, 1.807) is 0 Å². The van der Waals surface area contributed by atoms with Gasteiger partial charge in [0, 0.05) is 49.3 Å². The Bertz CT molecular complexity index is 1980. The number of unbranched alkanes of at least 4 members (excludes halogenated alkanes) is 1. The molecule has 1 aliphatic heterocycles. The summed E-state index contributed by atoms with van der Waals surface area (Å²) in [4.78, 5) is 71.7. The maximum absolute atomic E-state index is 11.8. The van der Waals surface area contributed by atoms with E-state index in [-0.39, 0.29) is 41.2 Å². The van der Waals surface area contributed by atoms with E-state index in [4.69, 9.17) is 24.5 Å². The maximum Gasteiger partial charge on any atom is 0.524 e. The van der Waals surface area contributed by atoms with Crippen molar-refractivity contribution in [3.05, 3.63) is 65.5 Å². The molecule has 6 N–H and O–H groups in total. The van der Waals surface area contributed by atoms with Crippen LogP contribution in [0.15, 0.2) is 48.6 Å². The first-order valence-corrected chi connectivity index (χ1v) is 18.6. The molecular formula is C31H37N5O11P2. The highest BCUT2D eigenvalue weighted by Gasteiger charge is 2.25. The van der Waals surface area contributed by atoms with Crippen molar-refractivity contribution < 1.29 is 52.1 Å². The number of aromatic nitrogens is 3. The SMILES string of the molecule is CCCCc1nc2c(N)nc3cc(CCCOCCCN4C(=O)C=CC4=O)ccc3c2n1Cc1cc(OP(=O)(O)O)ccc1OP(=O)(O)O. The molecule has 262 valence electrons. The number of anilines is 1. The standard InChI is InChI=1S/C31H37N5O11P2/c1-2-3-7-26-34-29-30(36(26)19-21-18-22(46-48(39,40)41)9-11-25(21)47-49(42,43)44)23-10-8-20(17-24(23)33-31(29)32)6-4-15-45-16-5-14-35-27(37)12-13-28(35)38/h8-13,17-18H,2-7,14-16,19H2,1H3,(H2,32,33)(H2,39,40,41)(H2,42,43,44). The van der Waals surface area contributed by atoms with Gasteiger partial charge >= 0.3 is 15.6 Å². The van der Waals surface area contributed by atoms with Gasteiger partial charge in [-0.05, 0) is 55.5 Å². The molecule has 0 fully saturated rings. The Morgan fingerprint density at radius 2 is 1.57 bits per heavy atom. The number of pyridine rings is 1. The minimum atomic E-state index is -5.00. The van der Waals surface area contributed by atoms with Crippen molar-refractivity contribution in [3.8, 4) is 11.5 Å². The van der Waals surface area contributed by atoms with E-state index in [0.29, 0.717) is 67.8 Å². The molecule has 0 atom stereocenters. The van der Waals surface area contributed by atoms with Crippen LogP contribution in [0.4, 0.5) is 5.82 Å². The zero-order valence-electron chi connectivity index (χ0n) is 26.6. The van der Waals surface area contributed by atoms with Crippen LogP contribution < -0.4 is 14.8 Å². The van der Waals surface area contributed by atoms with Crippen LogP contribution in [0.5, 0.6) is 11.5 Å². The minimum absolute atomic E-state index is 0.0581. The van der Waals surface area contributed by atoms with Crippen LogP contribution in [0, 0.1) is 0 Å². The summed E-state index contributed by atoms with van der Waals surface area (Å²) >= 11 is 0. The molecule has 2 aromatic carbocycles. The molecule has 0 unspecified atom stereocenters. The monoisotopic (exact) mass is 717 g/mol. The van der Waals surface area contributed by atoms with Gasteiger partial charge in [0.15, 0.2) is 5.82 Å². The van der Waals surface area contributed by atoms with Gasteiger partial charge in [0.1, 0.15) is 22.8 Å². The molecule has 0 aliphatic carbocycles. The number of aryl methyl sites for hydroxylation is 2. The molecule has 1 aliphatic rings. The van der Waals surface area contributed by atoms with E-state index >= 15 is 0 Å². The van der Waals surface area contributed by atoms with Gasteiger partial charge in [0.05, 0.1) is 17.6 Å². The normalized spacial score (nSPS) is 13.7. The third-order valence-corrected chi connectivity index (χ3v) is 8.61. The Labute approximate surface area is 281 Å². The van der Waals surface area contributed by atoms with E-state index in [0.717, 1.165) is 29.9 Å². The van der Waals surface area contributed by atoms with Crippen molar-refractivity contribution >= 4 is 55.2 Å². The van der Waals surface area contributed by atoms with Crippen LogP contribution in [-0.4, -0.2) is 70.6 Å². The van der Waals surface area contributed by atoms with Gasteiger partial charge in [-0.3, -0.25) is 34.1 Å². The second-order valence-electron chi connectivity index (χ2n) is 11.4. The topological polar surface area (TPSA) is 237 Å². The first-order chi connectivity index (χ1) is 23.2. The van der Waals surface area contributed by atoms with Gasteiger partial charge in [0.25, 0.3) is 11.8 Å². The summed E-state index contributed by atoms with van der Waals surface area (Å²) in [5.41, 5.74) is 9.24. The highest BCUT2D eigenvalue weighted by atomic mass is 31.2. The summed E-state index contributed by atoms with van der Waals surface area (Å²) in [6, 6.07) is 9.33. The number of carbonyl (C=O) groups excluding carboxylic acids is 2. The number of carbonyl (C=O) groups is 2. The molecule has 0 bridgehead atoms. The summed E-state index contributed by atoms with van der Waals surface area (Å²) in [7, 11) is -9.94. The molecule has 5 rings (SSSR count). The summed E-state index contributed by atoms with van der Waals surface area (Å²) in [6.45, 7) is 3.15. The number of imidazole rings is 1. The van der Waals surface area contributed by atoms with E-state index in [2.05, 4.69) is 4.98 Å². The van der Waals surface area contributed by atoms with Gasteiger partial charge in [-0.25, -0.2) is 19.1 Å². The summed E-state index contributed by atoms with van der Waals surface area (Å²) in [5, 5.41) is 0.722. The van der Waals surface area contributed by atoms with E-state index in [1.165, 1.54) is 29.2 Å². The Morgan fingerprint density at radius 1 is 0.857 bits per heavy atom. The van der Waals surface area contributed by atoms with Crippen molar-refractivity contribution in [1.29, 1.82) is 0 Å². The predicted octanol–water partition coefficient (Wildman–Crippen LogP) is 3.76. The van der Waals surface area contributed by atoms with Gasteiger partial charge in [0.2, 0.25) is 0 Å². The van der Waals surface area contributed by atoms with Gasteiger partial charge in [-0.2, -0.15) is 0 Å².